The smallest absolute Gasteiger partial charge is 0.253 e. The number of hydrogen-bond acceptors (Lipinski definition) is 3. The van der Waals surface area contributed by atoms with Crippen LogP contribution in [0.5, 0.6) is 0 Å². The second kappa shape index (κ2) is 7.76. The maximum Gasteiger partial charge on any atom is 0.253 e. The van der Waals surface area contributed by atoms with E-state index in [4.69, 9.17) is 10.5 Å². The molecule has 1 fully saturated rings. The minimum atomic E-state index is -0.450. The average Bonchev–Trinajstić information content (AvgIpc) is 2.66. The van der Waals surface area contributed by atoms with Crippen molar-refractivity contribution < 1.29 is 14.3 Å². The van der Waals surface area contributed by atoms with Gasteiger partial charge in [0.15, 0.2) is 0 Å². The summed E-state index contributed by atoms with van der Waals surface area (Å²) in [5.74, 6) is -0.439. The topological polar surface area (TPSA) is 72.6 Å². The molecule has 0 bridgehead atoms. The van der Waals surface area contributed by atoms with E-state index < -0.39 is 5.91 Å². The zero-order valence-corrected chi connectivity index (χ0v) is 17.0. The highest BCUT2D eigenvalue weighted by atomic mass is 16.5. The largest absolute Gasteiger partial charge is 0.375 e. The van der Waals surface area contributed by atoms with Crippen molar-refractivity contribution in [1.29, 1.82) is 0 Å². The summed E-state index contributed by atoms with van der Waals surface area (Å²) in [6.45, 7) is 6.78. The SMILES string of the molecule is Cc1ccc(C(N)=O)cc1-c1ccc(C(=O)N(C)[C@@H]2CCOC(C)(C)C2)cc1. The van der Waals surface area contributed by atoms with Gasteiger partial charge in [0.25, 0.3) is 5.91 Å². The van der Waals surface area contributed by atoms with Crippen LogP contribution < -0.4 is 5.73 Å². The molecule has 1 aliphatic heterocycles. The Labute approximate surface area is 166 Å². The average molecular weight is 380 g/mol. The molecule has 1 saturated heterocycles. The Morgan fingerprint density at radius 1 is 1.11 bits per heavy atom. The Balaban J connectivity index is 1.80. The van der Waals surface area contributed by atoms with Gasteiger partial charge in [0.05, 0.1) is 5.60 Å². The highest BCUT2D eigenvalue weighted by molar-refractivity contribution is 5.96. The van der Waals surface area contributed by atoms with E-state index in [2.05, 4.69) is 13.8 Å². The van der Waals surface area contributed by atoms with Gasteiger partial charge >= 0.3 is 0 Å². The molecule has 1 aliphatic rings. The van der Waals surface area contributed by atoms with Crippen LogP contribution in [0.3, 0.4) is 0 Å². The van der Waals surface area contributed by atoms with Crippen molar-refractivity contribution >= 4 is 11.8 Å². The summed E-state index contributed by atoms with van der Waals surface area (Å²) >= 11 is 0. The van der Waals surface area contributed by atoms with Crippen molar-refractivity contribution in [2.24, 2.45) is 5.73 Å². The molecular weight excluding hydrogens is 352 g/mol. The lowest BCUT2D eigenvalue weighted by atomic mass is 9.92. The van der Waals surface area contributed by atoms with Crippen LogP contribution in [0.15, 0.2) is 42.5 Å². The van der Waals surface area contributed by atoms with Crippen molar-refractivity contribution in [2.45, 2.75) is 45.3 Å². The van der Waals surface area contributed by atoms with Gasteiger partial charge in [-0.2, -0.15) is 0 Å². The fourth-order valence-corrected chi connectivity index (χ4v) is 3.78. The molecule has 1 heterocycles. The quantitative estimate of drug-likeness (QED) is 0.877. The van der Waals surface area contributed by atoms with Gasteiger partial charge in [0.2, 0.25) is 5.91 Å². The van der Waals surface area contributed by atoms with Crippen LogP contribution in [0, 0.1) is 6.92 Å². The molecule has 0 unspecified atom stereocenters. The molecule has 0 saturated carbocycles. The minimum absolute atomic E-state index is 0.0110. The molecule has 0 spiro atoms. The number of carbonyl (C=O) groups excluding carboxylic acids is 2. The van der Waals surface area contributed by atoms with E-state index in [1.54, 1.807) is 12.1 Å². The molecule has 2 aromatic carbocycles. The maximum absolute atomic E-state index is 12.9. The summed E-state index contributed by atoms with van der Waals surface area (Å²) in [7, 11) is 1.86. The van der Waals surface area contributed by atoms with E-state index in [-0.39, 0.29) is 17.6 Å². The fourth-order valence-electron chi connectivity index (χ4n) is 3.78. The number of amides is 2. The summed E-state index contributed by atoms with van der Waals surface area (Å²) in [5, 5.41) is 0. The second-order valence-electron chi connectivity index (χ2n) is 8.14. The third-order valence-corrected chi connectivity index (χ3v) is 5.50. The number of nitrogens with zero attached hydrogens (tertiary/aromatic N) is 1. The number of nitrogens with two attached hydrogens (primary N) is 1. The molecule has 2 amide bonds. The van der Waals surface area contributed by atoms with Gasteiger partial charge in [-0.05, 0) is 74.6 Å². The lowest BCUT2D eigenvalue weighted by Gasteiger charge is -2.39. The lowest BCUT2D eigenvalue weighted by Crippen LogP contribution is -2.46. The monoisotopic (exact) mass is 380 g/mol. The van der Waals surface area contributed by atoms with Gasteiger partial charge in [0, 0.05) is 30.8 Å². The van der Waals surface area contributed by atoms with Crippen LogP contribution in [-0.2, 0) is 4.74 Å². The zero-order chi connectivity index (χ0) is 20.5. The normalized spacial score (nSPS) is 18.5. The number of primary amides is 1. The third kappa shape index (κ3) is 4.25. The van der Waals surface area contributed by atoms with E-state index in [0.717, 1.165) is 29.5 Å². The van der Waals surface area contributed by atoms with Gasteiger partial charge in [-0.15, -0.1) is 0 Å². The molecular formula is C23H28N2O3. The first-order valence-electron chi connectivity index (χ1n) is 9.60. The number of benzene rings is 2. The summed E-state index contributed by atoms with van der Waals surface area (Å²) in [4.78, 5) is 26.2. The first-order valence-corrected chi connectivity index (χ1v) is 9.60. The van der Waals surface area contributed by atoms with Gasteiger partial charge in [0.1, 0.15) is 0 Å². The van der Waals surface area contributed by atoms with Gasteiger partial charge in [-0.25, -0.2) is 0 Å². The molecule has 1 atom stereocenters. The van der Waals surface area contributed by atoms with Crippen molar-refractivity contribution in [1.82, 2.24) is 4.90 Å². The molecule has 28 heavy (non-hydrogen) atoms. The molecule has 5 heteroatoms. The number of carbonyl (C=O) groups is 2. The number of hydrogen-bond donors (Lipinski definition) is 1. The third-order valence-electron chi connectivity index (χ3n) is 5.50. The van der Waals surface area contributed by atoms with Crippen molar-refractivity contribution in [3.8, 4) is 11.1 Å². The Bertz CT molecular complexity index is 887. The highest BCUT2D eigenvalue weighted by Gasteiger charge is 2.33. The second-order valence-corrected chi connectivity index (χ2v) is 8.14. The molecule has 0 aromatic heterocycles. The standard InChI is InChI=1S/C23H28N2O3/c1-15-5-6-18(21(24)26)13-20(15)16-7-9-17(10-8-16)22(27)25(4)19-11-12-28-23(2,3)14-19/h5-10,13,19H,11-12,14H2,1-4H3,(H2,24,26)/t19-/m1/s1. The predicted molar refractivity (Wildman–Crippen MR) is 110 cm³/mol. The van der Waals surface area contributed by atoms with E-state index in [0.29, 0.717) is 17.7 Å². The van der Waals surface area contributed by atoms with Crippen molar-refractivity contribution in [3.05, 3.63) is 59.2 Å². The van der Waals surface area contributed by atoms with Gasteiger partial charge < -0.3 is 15.4 Å². The Morgan fingerprint density at radius 3 is 2.36 bits per heavy atom. The van der Waals surface area contributed by atoms with Crippen LogP contribution in [0.2, 0.25) is 0 Å². The highest BCUT2D eigenvalue weighted by Crippen LogP contribution is 2.29. The van der Waals surface area contributed by atoms with Crippen molar-refractivity contribution in [2.75, 3.05) is 13.7 Å². The van der Waals surface area contributed by atoms with Crippen LogP contribution in [0.1, 0.15) is 53.0 Å². The zero-order valence-electron chi connectivity index (χ0n) is 17.0. The summed E-state index contributed by atoms with van der Waals surface area (Å²) < 4.78 is 5.76. The summed E-state index contributed by atoms with van der Waals surface area (Å²) in [6.07, 6.45) is 1.68. The van der Waals surface area contributed by atoms with Crippen LogP contribution in [-0.4, -0.2) is 42.0 Å². The van der Waals surface area contributed by atoms with E-state index in [1.807, 2.05) is 49.2 Å². The number of rotatable bonds is 4. The Hall–Kier alpha value is -2.66. The van der Waals surface area contributed by atoms with Crippen LogP contribution in [0.4, 0.5) is 0 Å². The number of ether oxygens (including phenoxy) is 1. The molecule has 2 aromatic rings. The molecule has 5 nitrogen and oxygen atoms in total. The van der Waals surface area contributed by atoms with Gasteiger partial charge in [-0.1, -0.05) is 18.2 Å². The van der Waals surface area contributed by atoms with Crippen LogP contribution >= 0.6 is 0 Å². The number of aryl methyl sites for hydroxylation is 1. The van der Waals surface area contributed by atoms with Crippen LogP contribution in [0.25, 0.3) is 11.1 Å². The Kier molecular flexibility index (Phi) is 5.57. The van der Waals surface area contributed by atoms with E-state index >= 15 is 0 Å². The Morgan fingerprint density at radius 2 is 1.75 bits per heavy atom. The lowest BCUT2D eigenvalue weighted by molar-refractivity contribution is -0.0756. The first kappa shape index (κ1) is 20.1. The minimum Gasteiger partial charge on any atom is -0.375 e. The molecule has 148 valence electrons. The van der Waals surface area contributed by atoms with Gasteiger partial charge in [-0.3, -0.25) is 9.59 Å². The maximum atomic E-state index is 12.9. The first-order chi connectivity index (χ1) is 13.2. The molecule has 0 radical (unpaired) electrons. The summed E-state index contributed by atoms with van der Waals surface area (Å²) in [6, 6.07) is 13.1. The molecule has 3 rings (SSSR count). The van der Waals surface area contributed by atoms with E-state index in [1.165, 1.54) is 0 Å². The predicted octanol–water partition coefficient (Wildman–Crippen LogP) is 3.79. The molecule has 2 N–H and O–H groups in total. The van der Waals surface area contributed by atoms with Crippen molar-refractivity contribution in [3.63, 3.8) is 0 Å². The van der Waals surface area contributed by atoms with E-state index in [9.17, 15) is 9.59 Å². The summed E-state index contributed by atoms with van der Waals surface area (Å²) in [5.41, 5.74) is 9.26. The fraction of sp³-hybridized carbons (Fsp3) is 0.391. The molecule has 0 aliphatic carbocycles.